The molecule has 0 aromatic rings. The Morgan fingerprint density at radius 1 is 1.29 bits per heavy atom. The van der Waals surface area contributed by atoms with Crippen LogP contribution in [0.4, 0.5) is 0 Å². The molecule has 1 aliphatic rings. The minimum Gasteiger partial charge on any atom is -0.466 e. The van der Waals surface area contributed by atoms with Crippen LogP contribution in [-0.4, -0.2) is 37.7 Å². The minimum atomic E-state index is -0.316. The third kappa shape index (κ3) is 5.17. The maximum atomic E-state index is 11.5. The van der Waals surface area contributed by atoms with Crippen molar-refractivity contribution in [3.05, 3.63) is 0 Å². The first kappa shape index (κ1) is 14.0. The zero-order valence-corrected chi connectivity index (χ0v) is 10.5. The molecule has 0 saturated heterocycles. The molecule has 0 aromatic heterocycles. The topological polar surface area (TPSA) is 64.6 Å². The lowest BCUT2D eigenvalue weighted by Gasteiger charge is -2.12. The Bertz CT molecular complexity index is 267. The summed E-state index contributed by atoms with van der Waals surface area (Å²) < 4.78 is 9.99. The molecule has 1 amide bonds. The summed E-state index contributed by atoms with van der Waals surface area (Å²) in [6.45, 7) is 2.11. The fourth-order valence-electron chi connectivity index (χ4n) is 2.03. The van der Waals surface area contributed by atoms with E-state index in [1.807, 2.05) is 0 Å². The maximum absolute atomic E-state index is 11.5. The van der Waals surface area contributed by atoms with E-state index in [9.17, 15) is 9.59 Å². The van der Waals surface area contributed by atoms with Crippen LogP contribution >= 0.6 is 0 Å². The summed E-state index contributed by atoms with van der Waals surface area (Å²) in [7, 11) is 1.69. The maximum Gasteiger partial charge on any atom is 0.306 e. The molecule has 0 aromatic carbocycles. The number of hydrogen-bond acceptors (Lipinski definition) is 4. The Kier molecular flexibility index (Phi) is 5.97. The number of methoxy groups -OCH3 is 1. The van der Waals surface area contributed by atoms with Crippen molar-refractivity contribution in [3.63, 3.8) is 0 Å². The van der Waals surface area contributed by atoms with Crippen molar-refractivity contribution in [2.75, 3.05) is 13.7 Å². The lowest BCUT2D eigenvalue weighted by atomic mass is 10.2. The standard InChI is InChI=1S/C12H21NO4/c1-3-17-12(15)7-6-11(14)13-9-4-5-10(8-9)16-2/h9-10H,3-8H2,1-2H3,(H,13,14). The predicted molar refractivity (Wildman–Crippen MR) is 62.4 cm³/mol. The van der Waals surface area contributed by atoms with Gasteiger partial charge in [0.15, 0.2) is 0 Å². The summed E-state index contributed by atoms with van der Waals surface area (Å²) >= 11 is 0. The van der Waals surface area contributed by atoms with E-state index in [0.717, 1.165) is 19.3 Å². The monoisotopic (exact) mass is 243 g/mol. The molecule has 1 aliphatic carbocycles. The number of rotatable bonds is 6. The summed E-state index contributed by atoms with van der Waals surface area (Å²) in [5.41, 5.74) is 0. The summed E-state index contributed by atoms with van der Waals surface area (Å²) in [6.07, 6.45) is 3.41. The first-order valence-corrected chi connectivity index (χ1v) is 6.13. The van der Waals surface area contributed by atoms with Gasteiger partial charge in [-0.05, 0) is 26.2 Å². The van der Waals surface area contributed by atoms with E-state index in [1.165, 1.54) is 0 Å². The number of amides is 1. The normalized spacial score (nSPS) is 23.4. The molecule has 0 heterocycles. The van der Waals surface area contributed by atoms with Crippen molar-refractivity contribution in [2.24, 2.45) is 0 Å². The third-order valence-electron chi connectivity index (χ3n) is 2.94. The largest absolute Gasteiger partial charge is 0.466 e. The van der Waals surface area contributed by atoms with E-state index in [1.54, 1.807) is 14.0 Å². The molecule has 0 spiro atoms. The van der Waals surface area contributed by atoms with Gasteiger partial charge in [0.25, 0.3) is 0 Å². The highest BCUT2D eigenvalue weighted by molar-refractivity contribution is 5.81. The van der Waals surface area contributed by atoms with Gasteiger partial charge in [-0.15, -0.1) is 0 Å². The van der Waals surface area contributed by atoms with Crippen LogP contribution in [0.15, 0.2) is 0 Å². The molecular weight excluding hydrogens is 222 g/mol. The number of carbonyl (C=O) groups is 2. The van der Waals surface area contributed by atoms with E-state index in [0.29, 0.717) is 6.61 Å². The predicted octanol–water partition coefficient (Wildman–Crippen LogP) is 1.01. The lowest BCUT2D eigenvalue weighted by molar-refractivity contribution is -0.144. The molecule has 1 saturated carbocycles. The minimum absolute atomic E-state index is 0.0835. The van der Waals surface area contributed by atoms with E-state index in [-0.39, 0.29) is 36.9 Å². The molecule has 0 aliphatic heterocycles. The second-order valence-corrected chi connectivity index (χ2v) is 4.24. The third-order valence-corrected chi connectivity index (χ3v) is 2.94. The van der Waals surface area contributed by atoms with Crippen molar-refractivity contribution >= 4 is 11.9 Å². The van der Waals surface area contributed by atoms with Gasteiger partial charge in [-0.25, -0.2) is 0 Å². The van der Waals surface area contributed by atoms with E-state index in [2.05, 4.69) is 5.32 Å². The Balaban J connectivity index is 2.15. The zero-order valence-electron chi connectivity index (χ0n) is 10.5. The van der Waals surface area contributed by atoms with Gasteiger partial charge in [0.05, 0.1) is 19.1 Å². The van der Waals surface area contributed by atoms with Gasteiger partial charge in [-0.3, -0.25) is 9.59 Å². The van der Waals surface area contributed by atoms with Gasteiger partial charge in [0.1, 0.15) is 0 Å². The lowest BCUT2D eigenvalue weighted by Crippen LogP contribution is -2.33. The molecule has 17 heavy (non-hydrogen) atoms. The summed E-state index contributed by atoms with van der Waals surface area (Å²) in [4.78, 5) is 22.6. The van der Waals surface area contributed by atoms with Gasteiger partial charge >= 0.3 is 5.97 Å². The Hall–Kier alpha value is -1.10. The zero-order chi connectivity index (χ0) is 12.7. The van der Waals surface area contributed by atoms with Crippen LogP contribution in [0.5, 0.6) is 0 Å². The molecule has 1 N–H and O–H groups in total. The highest BCUT2D eigenvalue weighted by Gasteiger charge is 2.25. The second kappa shape index (κ2) is 7.27. The van der Waals surface area contributed by atoms with Crippen molar-refractivity contribution in [2.45, 2.75) is 51.2 Å². The summed E-state index contributed by atoms with van der Waals surface area (Å²) in [6, 6.07) is 0.189. The fraction of sp³-hybridized carbons (Fsp3) is 0.833. The molecule has 0 radical (unpaired) electrons. The van der Waals surface area contributed by atoms with E-state index in [4.69, 9.17) is 9.47 Å². The van der Waals surface area contributed by atoms with Crippen LogP contribution in [0, 0.1) is 0 Å². The Morgan fingerprint density at radius 2 is 2.06 bits per heavy atom. The smallest absolute Gasteiger partial charge is 0.306 e. The van der Waals surface area contributed by atoms with Crippen molar-refractivity contribution in [1.82, 2.24) is 5.32 Å². The number of hydrogen-bond donors (Lipinski definition) is 1. The fourth-order valence-corrected chi connectivity index (χ4v) is 2.03. The van der Waals surface area contributed by atoms with Crippen LogP contribution in [-0.2, 0) is 19.1 Å². The van der Waals surface area contributed by atoms with Gasteiger partial charge in [-0.2, -0.15) is 0 Å². The molecule has 0 bridgehead atoms. The van der Waals surface area contributed by atoms with Crippen LogP contribution < -0.4 is 5.32 Å². The van der Waals surface area contributed by atoms with Gasteiger partial charge in [0.2, 0.25) is 5.91 Å². The Morgan fingerprint density at radius 3 is 2.65 bits per heavy atom. The SMILES string of the molecule is CCOC(=O)CCC(=O)NC1CCC(OC)C1. The molecule has 1 rings (SSSR count). The van der Waals surface area contributed by atoms with Crippen LogP contribution in [0.1, 0.15) is 39.0 Å². The highest BCUT2D eigenvalue weighted by atomic mass is 16.5. The quantitative estimate of drug-likeness (QED) is 0.707. The van der Waals surface area contributed by atoms with Crippen molar-refractivity contribution in [1.29, 1.82) is 0 Å². The average molecular weight is 243 g/mol. The summed E-state index contributed by atoms with van der Waals surface area (Å²) in [5.74, 6) is -0.399. The van der Waals surface area contributed by atoms with Crippen LogP contribution in [0.2, 0.25) is 0 Å². The highest BCUT2D eigenvalue weighted by Crippen LogP contribution is 2.21. The first-order chi connectivity index (χ1) is 8.15. The number of esters is 1. The molecule has 2 unspecified atom stereocenters. The van der Waals surface area contributed by atoms with E-state index < -0.39 is 0 Å². The van der Waals surface area contributed by atoms with Gasteiger partial charge < -0.3 is 14.8 Å². The average Bonchev–Trinajstić information content (AvgIpc) is 2.74. The van der Waals surface area contributed by atoms with E-state index >= 15 is 0 Å². The Labute approximate surface area is 102 Å². The van der Waals surface area contributed by atoms with Crippen molar-refractivity contribution < 1.29 is 19.1 Å². The molecule has 98 valence electrons. The van der Waals surface area contributed by atoms with Gasteiger partial charge in [0, 0.05) is 19.6 Å². The number of nitrogens with one attached hydrogen (secondary N) is 1. The van der Waals surface area contributed by atoms with Crippen molar-refractivity contribution in [3.8, 4) is 0 Å². The first-order valence-electron chi connectivity index (χ1n) is 6.13. The molecule has 2 atom stereocenters. The molecule has 5 heteroatoms. The molecule has 5 nitrogen and oxygen atoms in total. The second-order valence-electron chi connectivity index (χ2n) is 4.24. The number of ether oxygens (including phenoxy) is 2. The molecular formula is C12H21NO4. The van der Waals surface area contributed by atoms with Crippen LogP contribution in [0.25, 0.3) is 0 Å². The van der Waals surface area contributed by atoms with Crippen LogP contribution in [0.3, 0.4) is 0 Å². The number of carbonyl (C=O) groups excluding carboxylic acids is 2. The molecule has 1 fully saturated rings. The summed E-state index contributed by atoms with van der Waals surface area (Å²) in [5, 5.41) is 2.91. The van der Waals surface area contributed by atoms with Gasteiger partial charge in [-0.1, -0.05) is 0 Å².